The van der Waals surface area contributed by atoms with Crippen molar-refractivity contribution in [2.45, 2.75) is 25.1 Å². The molecule has 2 aliphatic carbocycles. The van der Waals surface area contributed by atoms with E-state index in [0.717, 1.165) is 25.0 Å². The van der Waals surface area contributed by atoms with Crippen molar-refractivity contribution < 1.29 is 17.9 Å². The first-order valence-corrected chi connectivity index (χ1v) is 6.06. The van der Waals surface area contributed by atoms with Crippen LogP contribution in [0.1, 0.15) is 18.4 Å². The van der Waals surface area contributed by atoms with E-state index in [2.05, 4.69) is 12.2 Å². The normalized spacial score (nSPS) is 29.8. The SMILES string of the molecule is FC(F)(F)c1ccc(OC2C3C=CC2CC3)cc1. The number of fused-ring (bicyclic) bond motifs is 2. The van der Waals surface area contributed by atoms with Crippen LogP contribution in [-0.2, 0) is 6.18 Å². The van der Waals surface area contributed by atoms with Gasteiger partial charge < -0.3 is 4.74 Å². The molecule has 1 aromatic rings. The molecule has 2 unspecified atom stereocenters. The minimum atomic E-state index is -4.29. The lowest BCUT2D eigenvalue weighted by Crippen LogP contribution is -2.22. The van der Waals surface area contributed by atoms with Gasteiger partial charge in [-0.25, -0.2) is 0 Å². The Balaban J connectivity index is 1.71. The number of rotatable bonds is 2. The van der Waals surface area contributed by atoms with Gasteiger partial charge >= 0.3 is 6.18 Å². The van der Waals surface area contributed by atoms with Gasteiger partial charge in [-0.05, 0) is 37.1 Å². The predicted molar refractivity (Wildman–Crippen MR) is 61.2 cm³/mol. The molecule has 1 aromatic carbocycles. The molecule has 0 aromatic heterocycles. The Morgan fingerprint density at radius 3 is 1.94 bits per heavy atom. The van der Waals surface area contributed by atoms with Crippen molar-refractivity contribution in [2.75, 3.05) is 0 Å². The van der Waals surface area contributed by atoms with Crippen molar-refractivity contribution in [3.05, 3.63) is 42.0 Å². The molecule has 0 aliphatic heterocycles. The summed E-state index contributed by atoms with van der Waals surface area (Å²) >= 11 is 0. The maximum Gasteiger partial charge on any atom is 0.416 e. The topological polar surface area (TPSA) is 9.23 Å². The second-order valence-corrected chi connectivity index (χ2v) is 4.89. The molecule has 0 amide bonds. The lowest BCUT2D eigenvalue weighted by Gasteiger charge is -2.18. The van der Waals surface area contributed by atoms with Gasteiger partial charge in [0.1, 0.15) is 11.9 Å². The molecule has 0 radical (unpaired) electrons. The third-order valence-corrected chi connectivity index (χ3v) is 3.74. The van der Waals surface area contributed by atoms with Gasteiger partial charge in [0.25, 0.3) is 0 Å². The van der Waals surface area contributed by atoms with Crippen LogP contribution in [-0.4, -0.2) is 6.10 Å². The summed E-state index contributed by atoms with van der Waals surface area (Å²) in [7, 11) is 0. The average molecular weight is 254 g/mol. The molecule has 0 saturated heterocycles. The van der Waals surface area contributed by atoms with Crippen LogP contribution in [0.15, 0.2) is 36.4 Å². The fraction of sp³-hybridized carbons (Fsp3) is 0.429. The molecule has 4 heteroatoms. The minimum Gasteiger partial charge on any atom is -0.489 e. The standard InChI is InChI=1S/C14H13F3O/c15-14(16,17)11-5-7-12(8-6-11)18-13-9-1-2-10(13)4-3-9/h1-2,5-10,13H,3-4H2. The van der Waals surface area contributed by atoms with E-state index in [4.69, 9.17) is 4.74 Å². The summed E-state index contributed by atoms with van der Waals surface area (Å²) in [6.45, 7) is 0. The Labute approximate surface area is 103 Å². The third-order valence-electron chi connectivity index (χ3n) is 3.74. The number of hydrogen-bond acceptors (Lipinski definition) is 1. The first-order chi connectivity index (χ1) is 8.54. The van der Waals surface area contributed by atoms with Gasteiger partial charge in [0.05, 0.1) is 5.56 Å². The van der Waals surface area contributed by atoms with E-state index in [0.29, 0.717) is 17.6 Å². The fourth-order valence-corrected chi connectivity index (χ4v) is 2.78. The number of hydrogen-bond donors (Lipinski definition) is 0. The maximum atomic E-state index is 12.4. The molecule has 2 bridgehead atoms. The van der Waals surface area contributed by atoms with Crippen molar-refractivity contribution in [3.63, 3.8) is 0 Å². The molecule has 1 saturated carbocycles. The largest absolute Gasteiger partial charge is 0.489 e. The van der Waals surface area contributed by atoms with Gasteiger partial charge in [-0.3, -0.25) is 0 Å². The second kappa shape index (κ2) is 4.04. The molecule has 1 nitrogen and oxygen atoms in total. The van der Waals surface area contributed by atoms with Gasteiger partial charge in [0.2, 0.25) is 0 Å². The predicted octanol–water partition coefficient (Wildman–Crippen LogP) is 4.05. The smallest absolute Gasteiger partial charge is 0.416 e. The summed E-state index contributed by atoms with van der Waals surface area (Å²) in [5.41, 5.74) is -0.637. The molecule has 0 N–H and O–H groups in total. The van der Waals surface area contributed by atoms with E-state index in [1.54, 1.807) is 0 Å². The Kier molecular flexibility index (Phi) is 2.61. The van der Waals surface area contributed by atoms with Crippen molar-refractivity contribution in [1.82, 2.24) is 0 Å². The molecular weight excluding hydrogens is 241 g/mol. The highest BCUT2D eigenvalue weighted by atomic mass is 19.4. The zero-order valence-corrected chi connectivity index (χ0v) is 9.65. The summed E-state index contributed by atoms with van der Waals surface area (Å²) in [6.07, 6.45) is 2.37. The second-order valence-electron chi connectivity index (χ2n) is 4.89. The van der Waals surface area contributed by atoms with Gasteiger partial charge in [0, 0.05) is 11.8 Å². The molecule has 3 rings (SSSR count). The molecule has 2 aliphatic rings. The number of halogens is 3. The van der Waals surface area contributed by atoms with Crippen LogP contribution in [0.25, 0.3) is 0 Å². The lowest BCUT2D eigenvalue weighted by atomic mass is 10.1. The van der Waals surface area contributed by atoms with Crippen LogP contribution >= 0.6 is 0 Å². The van der Waals surface area contributed by atoms with Crippen molar-refractivity contribution >= 4 is 0 Å². The van der Waals surface area contributed by atoms with Gasteiger partial charge in [-0.2, -0.15) is 13.2 Å². The quantitative estimate of drug-likeness (QED) is 0.723. The highest BCUT2D eigenvalue weighted by molar-refractivity contribution is 5.30. The van der Waals surface area contributed by atoms with Crippen LogP contribution < -0.4 is 4.74 Å². The first-order valence-electron chi connectivity index (χ1n) is 6.06. The molecular formula is C14H13F3O. The molecule has 2 atom stereocenters. The van der Waals surface area contributed by atoms with Crippen LogP contribution in [0.2, 0.25) is 0 Å². The van der Waals surface area contributed by atoms with Crippen molar-refractivity contribution in [2.24, 2.45) is 11.8 Å². The summed E-state index contributed by atoms with van der Waals surface area (Å²) in [6, 6.07) is 4.94. The lowest BCUT2D eigenvalue weighted by molar-refractivity contribution is -0.137. The molecule has 0 spiro atoms. The number of benzene rings is 1. The van der Waals surface area contributed by atoms with E-state index < -0.39 is 11.7 Å². The Hall–Kier alpha value is -1.45. The minimum absolute atomic E-state index is 0.113. The van der Waals surface area contributed by atoms with Gasteiger partial charge in [-0.15, -0.1) is 0 Å². The average Bonchev–Trinajstić information content (AvgIpc) is 2.88. The van der Waals surface area contributed by atoms with Gasteiger partial charge in [0.15, 0.2) is 0 Å². The van der Waals surface area contributed by atoms with E-state index >= 15 is 0 Å². The monoisotopic (exact) mass is 254 g/mol. The van der Waals surface area contributed by atoms with Crippen LogP contribution in [0.3, 0.4) is 0 Å². The Morgan fingerprint density at radius 2 is 1.50 bits per heavy atom. The Bertz CT molecular complexity index is 447. The van der Waals surface area contributed by atoms with Crippen LogP contribution in [0.5, 0.6) is 5.75 Å². The Morgan fingerprint density at radius 1 is 0.944 bits per heavy atom. The third kappa shape index (κ3) is 2.00. The van der Waals surface area contributed by atoms with Gasteiger partial charge in [-0.1, -0.05) is 12.2 Å². The summed E-state index contributed by atoms with van der Waals surface area (Å²) in [5, 5.41) is 0. The van der Waals surface area contributed by atoms with Crippen LogP contribution in [0.4, 0.5) is 13.2 Å². The molecule has 1 fully saturated rings. The molecule has 18 heavy (non-hydrogen) atoms. The number of ether oxygens (including phenoxy) is 1. The maximum absolute atomic E-state index is 12.4. The summed E-state index contributed by atoms with van der Waals surface area (Å²) < 4.78 is 43.0. The van der Waals surface area contributed by atoms with Crippen LogP contribution in [0, 0.1) is 11.8 Å². The van der Waals surface area contributed by atoms with Crippen molar-refractivity contribution in [3.8, 4) is 5.75 Å². The van der Waals surface area contributed by atoms with E-state index in [9.17, 15) is 13.2 Å². The molecule has 0 heterocycles. The zero-order chi connectivity index (χ0) is 12.8. The summed E-state index contributed by atoms with van der Waals surface area (Å²) in [5.74, 6) is 1.38. The zero-order valence-electron chi connectivity index (χ0n) is 9.65. The highest BCUT2D eigenvalue weighted by Gasteiger charge is 2.39. The van der Waals surface area contributed by atoms with E-state index in [-0.39, 0.29) is 6.10 Å². The van der Waals surface area contributed by atoms with Crippen molar-refractivity contribution in [1.29, 1.82) is 0 Å². The number of alkyl halides is 3. The molecule has 96 valence electrons. The van der Waals surface area contributed by atoms with E-state index in [1.165, 1.54) is 12.1 Å². The first kappa shape index (κ1) is 11.6. The fourth-order valence-electron chi connectivity index (χ4n) is 2.78. The summed E-state index contributed by atoms with van der Waals surface area (Å²) in [4.78, 5) is 0. The van der Waals surface area contributed by atoms with E-state index in [1.807, 2.05) is 0 Å². The highest BCUT2D eigenvalue weighted by Crippen LogP contribution is 2.41.